The highest BCUT2D eigenvalue weighted by atomic mass is 79.9. The molecule has 0 radical (unpaired) electrons. The summed E-state index contributed by atoms with van der Waals surface area (Å²) in [6, 6.07) is 19.8. The molecule has 0 spiro atoms. The molecular formula is C24H15Br2NO4. The van der Waals surface area contributed by atoms with E-state index < -0.39 is 11.9 Å². The van der Waals surface area contributed by atoms with Crippen molar-refractivity contribution in [3.8, 4) is 5.75 Å². The molecule has 0 saturated carbocycles. The second-order valence-electron chi connectivity index (χ2n) is 6.77. The van der Waals surface area contributed by atoms with Gasteiger partial charge in [0, 0.05) is 5.56 Å². The van der Waals surface area contributed by atoms with Crippen molar-refractivity contribution in [3.63, 3.8) is 0 Å². The highest BCUT2D eigenvalue weighted by Gasteiger charge is 2.24. The number of aryl methyl sites for hydroxylation is 1. The lowest BCUT2D eigenvalue weighted by molar-refractivity contribution is -0.129. The second kappa shape index (κ2) is 8.99. The van der Waals surface area contributed by atoms with Crippen molar-refractivity contribution in [1.82, 2.24) is 0 Å². The van der Waals surface area contributed by atoms with Crippen molar-refractivity contribution in [3.05, 3.63) is 104 Å². The minimum absolute atomic E-state index is 0.183. The zero-order chi connectivity index (χ0) is 22.0. The molecule has 1 aliphatic heterocycles. The first-order valence-corrected chi connectivity index (χ1v) is 10.9. The third kappa shape index (κ3) is 4.84. The van der Waals surface area contributed by atoms with Crippen molar-refractivity contribution in [2.24, 2.45) is 4.99 Å². The molecule has 7 heteroatoms. The van der Waals surface area contributed by atoms with Gasteiger partial charge in [0.15, 0.2) is 11.4 Å². The van der Waals surface area contributed by atoms with Crippen LogP contribution in [-0.2, 0) is 9.53 Å². The summed E-state index contributed by atoms with van der Waals surface area (Å²) < 4.78 is 11.9. The van der Waals surface area contributed by atoms with E-state index in [1.807, 2.05) is 43.3 Å². The fourth-order valence-electron chi connectivity index (χ4n) is 2.96. The molecule has 5 nitrogen and oxygen atoms in total. The Balaban J connectivity index is 1.59. The maximum absolute atomic E-state index is 12.5. The summed E-state index contributed by atoms with van der Waals surface area (Å²) in [4.78, 5) is 29.0. The molecule has 3 aromatic rings. The predicted molar refractivity (Wildman–Crippen MR) is 125 cm³/mol. The van der Waals surface area contributed by atoms with E-state index in [2.05, 4.69) is 36.9 Å². The van der Waals surface area contributed by atoms with Crippen LogP contribution in [0.25, 0.3) is 6.08 Å². The monoisotopic (exact) mass is 539 g/mol. The van der Waals surface area contributed by atoms with Gasteiger partial charge in [0.2, 0.25) is 5.90 Å². The lowest BCUT2D eigenvalue weighted by Gasteiger charge is -2.10. The number of carbonyl (C=O) groups is 2. The minimum Gasteiger partial charge on any atom is -0.421 e. The highest BCUT2D eigenvalue weighted by Crippen LogP contribution is 2.36. The molecule has 154 valence electrons. The van der Waals surface area contributed by atoms with E-state index in [1.54, 1.807) is 36.4 Å². The largest absolute Gasteiger partial charge is 0.421 e. The molecule has 0 atom stereocenters. The van der Waals surface area contributed by atoms with Crippen LogP contribution in [0, 0.1) is 6.92 Å². The Morgan fingerprint density at radius 3 is 2.39 bits per heavy atom. The molecule has 0 bridgehead atoms. The number of benzene rings is 3. The average molecular weight is 541 g/mol. The lowest BCUT2D eigenvalue weighted by Crippen LogP contribution is -2.09. The van der Waals surface area contributed by atoms with Crippen LogP contribution in [0.1, 0.15) is 27.0 Å². The molecule has 1 aliphatic rings. The zero-order valence-electron chi connectivity index (χ0n) is 16.3. The lowest BCUT2D eigenvalue weighted by atomic mass is 10.1. The third-order valence-corrected chi connectivity index (χ3v) is 5.59. The summed E-state index contributed by atoms with van der Waals surface area (Å²) in [6.07, 6.45) is 1.61. The standard InChI is InChI=1S/C24H15Br2NO4/c1-14-6-5-9-17(10-14)23(28)30-21-18(25)11-15(12-19(21)26)13-20-24(29)31-22(27-20)16-7-3-2-4-8-16/h2-13H,1H3/b20-13-. The van der Waals surface area contributed by atoms with Crippen molar-refractivity contribution in [1.29, 1.82) is 0 Å². The molecule has 0 N–H and O–H groups in total. The first-order valence-electron chi connectivity index (χ1n) is 9.26. The van der Waals surface area contributed by atoms with Crippen LogP contribution < -0.4 is 4.74 Å². The van der Waals surface area contributed by atoms with E-state index >= 15 is 0 Å². The van der Waals surface area contributed by atoms with Gasteiger partial charge < -0.3 is 9.47 Å². The zero-order valence-corrected chi connectivity index (χ0v) is 19.4. The molecule has 0 unspecified atom stereocenters. The molecule has 0 aliphatic carbocycles. The summed E-state index contributed by atoms with van der Waals surface area (Å²) in [6.45, 7) is 1.91. The van der Waals surface area contributed by atoms with E-state index in [0.717, 1.165) is 11.1 Å². The van der Waals surface area contributed by atoms with Gasteiger partial charge in [-0.1, -0.05) is 35.9 Å². The SMILES string of the molecule is Cc1cccc(C(=O)Oc2c(Br)cc(/C=C3\N=C(c4ccccc4)OC3=O)cc2Br)c1. The maximum Gasteiger partial charge on any atom is 0.363 e. The number of cyclic esters (lactones) is 1. The average Bonchev–Trinajstić information content (AvgIpc) is 3.11. The van der Waals surface area contributed by atoms with E-state index in [0.29, 0.717) is 25.8 Å². The maximum atomic E-state index is 12.5. The summed E-state index contributed by atoms with van der Waals surface area (Å²) in [5.74, 6) is -0.386. The van der Waals surface area contributed by atoms with Crippen LogP contribution in [0.3, 0.4) is 0 Å². The number of ether oxygens (including phenoxy) is 2. The predicted octanol–water partition coefficient (Wildman–Crippen LogP) is 6.08. The number of hydrogen-bond acceptors (Lipinski definition) is 5. The fourth-order valence-corrected chi connectivity index (χ4v) is 4.34. The third-order valence-electron chi connectivity index (χ3n) is 4.41. The van der Waals surface area contributed by atoms with Crippen LogP contribution in [0.2, 0.25) is 0 Å². The van der Waals surface area contributed by atoms with Crippen LogP contribution in [0.5, 0.6) is 5.75 Å². The Morgan fingerprint density at radius 2 is 1.71 bits per heavy atom. The smallest absolute Gasteiger partial charge is 0.363 e. The number of esters is 2. The van der Waals surface area contributed by atoms with Gasteiger partial charge in [-0.05, 0) is 86.8 Å². The van der Waals surface area contributed by atoms with E-state index in [-0.39, 0.29) is 11.6 Å². The van der Waals surface area contributed by atoms with Gasteiger partial charge in [-0.25, -0.2) is 14.6 Å². The topological polar surface area (TPSA) is 65.0 Å². The van der Waals surface area contributed by atoms with Crippen molar-refractivity contribution in [2.45, 2.75) is 6.92 Å². The van der Waals surface area contributed by atoms with Crippen LogP contribution in [0.15, 0.2) is 86.4 Å². The van der Waals surface area contributed by atoms with Gasteiger partial charge in [0.05, 0.1) is 14.5 Å². The van der Waals surface area contributed by atoms with Gasteiger partial charge >= 0.3 is 11.9 Å². The Labute approximate surface area is 195 Å². The molecule has 0 amide bonds. The normalized spacial score (nSPS) is 14.4. The Morgan fingerprint density at radius 1 is 1.00 bits per heavy atom. The highest BCUT2D eigenvalue weighted by molar-refractivity contribution is 9.11. The number of nitrogens with zero attached hydrogens (tertiary/aromatic N) is 1. The number of hydrogen-bond donors (Lipinski definition) is 0. The Bertz CT molecular complexity index is 1230. The van der Waals surface area contributed by atoms with Crippen LogP contribution in [0.4, 0.5) is 0 Å². The van der Waals surface area contributed by atoms with E-state index in [4.69, 9.17) is 9.47 Å². The molecule has 3 aromatic carbocycles. The molecule has 0 saturated heterocycles. The fraction of sp³-hybridized carbons (Fsp3) is 0.0417. The van der Waals surface area contributed by atoms with Crippen molar-refractivity contribution < 1.29 is 19.1 Å². The summed E-state index contributed by atoms with van der Waals surface area (Å²) in [7, 11) is 0. The molecule has 1 heterocycles. The van der Waals surface area contributed by atoms with Crippen molar-refractivity contribution in [2.75, 3.05) is 0 Å². The molecular weight excluding hydrogens is 526 g/mol. The van der Waals surface area contributed by atoms with Gasteiger partial charge in [-0.2, -0.15) is 0 Å². The van der Waals surface area contributed by atoms with Crippen LogP contribution >= 0.6 is 31.9 Å². The van der Waals surface area contributed by atoms with Gasteiger partial charge in [-0.3, -0.25) is 0 Å². The minimum atomic E-state index is -0.527. The van der Waals surface area contributed by atoms with Gasteiger partial charge in [-0.15, -0.1) is 0 Å². The number of rotatable bonds is 4. The second-order valence-corrected chi connectivity index (χ2v) is 8.48. The number of halogens is 2. The number of aliphatic imine (C=N–C) groups is 1. The molecule has 0 aromatic heterocycles. The first kappa shape index (κ1) is 21.2. The quantitative estimate of drug-likeness (QED) is 0.228. The van der Waals surface area contributed by atoms with Gasteiger partial charge in [0.1, 0.15) is 0 Å². The number of carbonyl (C=O) groups excluding carboxylic acids is 2. The van der Waals surface area contributed by atoms with Gasteiger partial charge in [0.25, 0.3) is 0 Å². The molecule has 31 heavy (non-hydrogen) atoms. The molecule has 4 rings (SSSR count). The summed E-state index contributed by atoms with van der Waals surface area (Å²) in [5, 5.41) is 0. The molecule has 0 fully saturated rings. The first-order chi connectivity index (χ1) is 14.9. The Hall–Kier alpha value is -3.03. The van der Waals surface area contributed by atoms with E-state index in [1.165, 1.54) is 0 Å². The summed E-state index contributed by atoms with van der Waals surface area (Å²) in [5.41, 5.74) is 3.01. The van der Waals surface area contributed by atoms with E-state index in [9.17, 15) is 9.59 Å². The Kier molecular flexibility index (Phi) is 6.15. The van der Waals surface area contributed by atoms with Crippen molar-refractivity contribution >= 4 is 55.8 Å². The summed E-state index contributed by atoms with van der Waals surface area (Å²) >= 11 is 6.88. The van der Waals surface area contributed by atoms with Crippen LogP contribution in [-0.4, -0.2) is 17.8 Å².